The number of benzene rings is 6. The molecule has 15 rings (SSSR count). The molecule has 9 heterocycles. The predicted molar refractivity (Wildman–Crippen MR) is 251 cm³/mol. The van der Waals surface area contributed by atoms with E-state index in [1.54, 1.807) is 48.3 Å². The summed E-state index contributed by atoms with van der Waals surface area (Å²) >= 11 is 3.55. The van der Waals surface area contributed by atoms with Crippen LogP contribution in [-0.2, 0) is 56.2 Å². The second-order valence-corrected chi connectivity index (χ2v) is 18.7. The molecule has 0 radical (unpaired) electrons. The van der Waals surface area contributed by atoms with Crippen molar-refractivity contribution in [3.8, 4) is 56.8 Å². The number of ether oxygens (including phenoxy) is 2. The largest absolute Gasteiger partial charge is 4.00 e. The molecule has 4 aliphatic heterocycles. The van der Waals surface area contributed by atoms with Crippen molar-refractivity contribution >= 4 is 92.3 Å². The van der Waals surface area contributed by atoms with E-state index in [0.29, 0.717) is 39.8 Å². The van der Waals surface area contributed by atoms with Crippen molar-refractivity contribution in [3.05, 3.63) is 159 Å². The van der Waals surface area contributed by atoms with Gasteiger partial charge in [-0.2, -0.15) is 57.5 Å². The molecular formula is C52H24B2N8O3Pt2S2+2. The van der Waals surface area contributed by atoms with Crippen molar-refractivity contribution in [2.24, 2.45) is 14.1 Å². The standard InChI is InChI=1S/C52H24B2N8O3S2.2Pt/c1-59-27-61(51-49(59)55-17-19-57-51)32-11-14-39-35(24-32)53-34-21-29(9-13-38(34)64-40-5-3-6-41(65-39)47(40)53)31-23-42(63-26-31)30-10-15-43-36(22-30)54-37-25-33(62-28-60(2)50-52(62)58-20-18-56-50)12-16-44(37)67-46-8-4-7-45(66-43)48(46)54;;/h3-20H,1-2H3;;/q-6;2*+4. The molecule has 0 unspecified atom stereocenters. The summed E-state index contributed by atoms with van der Waals surface area (Å²) in [5.41, 5.74) is 12.6. The van der Waals surface area contributed by atoms with Gasteiger partial charge >= 0.3 is 42.1 Å². The molecule has 0 fully saturated rings. The molecule has 0 saturated heterocycles. The van der Waals surface area contributed by atoms with Gasteiger partial charge in [0, 0.05) is 31.1 Å². The zero-order chi connectivity index (χ0) is 44.1. The average Bonchev–Trinajstić information content (AvgIpc) is 4.09. The SMILES string of the molecule is C[n+]1[c-]n(-c2[c-]c3c(cc2)Oc2cccc4c2B3c2[c-]c(-c3[c-]oc(-c5[c-]c6c(cc5)Sc5cccc7c5B6c5[c-]c(-n6[c-][n+](C)c8nccnc86)ccc5S7)[c-]3)ccc2O4)c2nccnc21.[Pt+4].[Pt+4]. The summed E-state index contributed by atoms with van der Waals surface area (Å²) in [5, 5.41) is 0. The van der Waals surface area contributed by atoms with Crippen LogP contribution in [-0.4, -0.2) is 42.5 Å². The Kier molecular flexibility index (Phi) is 9.90. The number of hydrogen-bond donors (Lipinski definition) is 0. The Labute approximate surface area is 432 Å². The van der Waals surface area contributed by atoms with Crippen LogP contribution in [0.2, 0.25) is 0 Å². The van der Waals surface area contributed by atoms with Crippen molar-refractivity contribution in [3.63, 3.8) is 0 Å². The molecular weight excluding hydrogens is 1260 g/mol. The minimum Gasteiger partial charge on any atom is -0.631 e. The number of imidazole rings is 2. The molecule has 0 N–H and O–H groups in total. The molecule has 0 spiro atoms. The summed E-state index contributed by atoms with van der Waals surface area (Å²) in [6.07, 6.45) is 16.6. The number of aryl methyl sites for hydroxylation is 2. The van der Waals surface area contributed by atoms with E-state index in [4.69, 9.17) is 13.9 Å². The van der Waals surface area contributed by atoms with Crippen LogP contribution in [0.3, 0.4) is 0 Å². The monoisotopic (exact) mass is 1280 g/mol. The van der Waals surface area contributed by atoms with Crippen LogP contribution in [0.5, 0.6) is 23.0 Å². The summed E-state index contributed by atoms with van der Waals surface area (Å²) in [6.45, 7) is -0.422. The van der Waals surface area contributed by atoms with Crippen molar-refractivity contribution in [1.82, 2.24) is 29.1 Å². The van der Waals surface area contributed by atoms with Gasteiger partial charge in [-0.15, -0.1) is 75.2 Å². The maximum absolute atomic E-state index is 6.55. The minimum atomic E-state index is -0.301. The number of hydrogen-bond acceptors (Lipinski definition) is 9. The summed E-state index contributed by atoms with van der Waals surface area (Å²) in [6, 6.07) is 47.4. The van der Waals surface area contributed by atoms with Crippen LogP contribution in [0, 0.1) is 49.2 Å². The van der Waals surface area contributed by atoms with E-state index in [0.717, 1.165) is 76.8 Å². The van der Waals surface area contributed by atoms with E-state index < -0.39 is 0 Å². The Morgan fingerprint density at radius 1 is 0.507 bits per heavy atom. The summed E-state index contributed by atoms with van der Waals surface area (Å²) in [5.74, 6) is 3.37. The smallest absolute Gasteiger partial charge is 0.631 e. The van der Waals surface area contributed by atoms with E-state index in [1.165, 1.54) is 15.3 Å². The minimum absolute atomic E-state index is 0. The Hall–Kier alpha value is -6.49. The Morgan fingerprint density at radius 2 is 1.03 bits per heavy atom. The number of rotatable bonds is 4. The van der Waals surface area contributed by atoms with Crippen LogP contribution in [0.25, 0.3) is 56.4 Å². The summed E-state index contributed by atoms with van der Waals surface area (Å²) < 4.78 is 26.8. The van der Waals surface area contributed by atoms with Crippen molar-refractivity contribution in [1.29, 1.82) is 0 Å². The third-order valence-corrected chi connectivity index (χ3v) is 15.1. The van der Waals surface area contributed by atoms with Crippen molar-refractivity contribution in [2.75, 3.05) is 0 Å². The zero-order valence-corrected chi connectivity index (χ0v) is 42.0. The number of nitrogens with zero attached hydrogens (tertiary/aromatic N) is 8. The van der Waals surface area contributed by atoms with Crippen LogP contribution in [0.1, 0.15) is 0 Å². The van der Waals surface area contributed by atoms with Gasteiger partial charge in [0.2, 0.25) is 24.7 Å². The predicted octanol–water partition coefficient (Wildman–Crippen LogP) is 4.30. The normalized spacial score (nSPS) is 13.2. The first-order valence-electron chi connectivity index (χ1n) is 21.4. The molecule has 4 aliphatic rings. The van der Waals surface area contributed by atoms with E-state index in [2.05, 4.69) is 112 Å². The maximum Gasteiger partial charge on any atom is 4.00 e. The first-order valence-corrected chi connectivity index (χ1v) is 23.0. The molecule has 0 bridgehead atoms. The zero-order valence-electron chi connectivity index (χ0n) is 35.8. The van der Waals surface area contributed by atoms with Crippen LogP contribution in [0.15, 0.2) is 134 Å². The summed E-state index contributed by atoms with van der Waals surface area (Å²) in [4.78, 5) is 23.1. The van der Waals surface area contributed by atoms with Crippen molar-refractivity contribution < 1.29 is 65.2 Å². The molecule has 11 aromatic rings. The number of aromatic nitrogens is 8. The molecule has 6 aromatic carbocycles. The molecule has 0 amide bonds. The third kappa shape index (κ3) is 6.40. The molecule has 326 valence electrons. The Bertz CT molecular complexity index is 3710. The van der Waals surface area contributed by atoms with E-state index in [-0.39, 0.29) is 55.6 Å². The van der Waals surface area contributed by atoms with E-state index in [1.807, 2.05) is 74.8 Å². The molecule has 0 aliphatic carbocycles. The first-order chi connectivity index (χ1) is 33.0. The van der Waals surface area contributed by atoms with Gasteiger partial charge in [-0.25, -0.2) is 12.1 Å². The molecule has 11 nitrogen and oxygen atoms in total. The number of furan rings is 1. The fraction of sp³-hybridized carbons (Fsp3) is 0.0385. The van der Waals surface area contributed by atoms with Crippen LogP contribution < -0.4 is 51.4 Å². The molecule has 0 atom stereocenters. The topological polar surface area (TPSA) is 101 Å². The van der Waals surface area contributed by atoms with E-state index in [9.17, 15) is 0 Å². The van der Waals surface area contributed by atoms with Gasteiger partial charge in [0.05, 0.1) is 12.4 Å². The second-order valence-electron chi connectivity index (χ2n) is 16.6. The van der Waals surface area contributed by atoms with Gasteiger partial charge in [-0.1, -0.05) is 34.2 Å². The quantitative estimate of drug-likeness (QED) is 0.145. The average molecular weight is 1280 g/mol. The maximum atomic E-state index is 6.55. The molecule has 17 heteroatoms. The van der Waals surface area contributed by atoms with Gasteiger partial charge in [-0.05, 0) is 39.5 Å². The van der Waals surface area contributed by atoms with Gasteiger partial charge in [0.1, 0.15) is 35.2 Å². The van der Waals surface area contributed by atoms with Gasteiger partial charge in [0.25, 0.3) is 0 Å². The van der Waals surface area contributed by atoms with Gasteiger partial charge < -0.3 is 49.4 Å². The van der Waals surface area contributed by atoms with Crippen LogP contribution in [0.4, 0.5) is 0 Å². The van der Waals surface area contributed by atoms with Crippen molar-refractivity contribution in [2.45, 2.75) is 19.6 Å². The fourth-order valence-corrected chi connectivity index (χ4v) is 12.1. The van der Waals surface area contributed by atoms with Crippen LogP contribution >= 0.6 is 23.5 Å². The molecule has 69 heavy (non-hydrogen) atoms. The van der Waals surface area contributed by atoms with Gasteiger partial charge in [-0.3, -0.25) is 9.97 Å². The second kappa shape index (κ2) is 16.0. The third-order valence-electron chi connectivity index (χ3n) is 12.7. The number of fused-ring (bicyclic) bond motifs is 10. The van der Waals surface area contributed by atoms with E-state index >= 15 is 0 Å². The first kappa shape index (κ1) is 42.6. The molecule has 5 aromatic heterocycles. The summed E-state index contributed by atoms with van der Waals surface area (Å²) in [7, 11) is 3.83. The van der Waals surface area contributed by atoms with Gasteiger partial charge in [0.15, 0.2) is 12.7 Å². The Balaban J connectivity index is 0.00000234. The Morgan fingerprint density at radius 3 is 1.71 bits per heavy atom. The fourth-order valence-electron chi connectivity index (χ4n) is 9.80. The molecule has 0 saturated carbocycles.